The molecule has 4 heterocycles. The molecule has 0 radical (unpaired) electrons. The number of hydrogen-bond donors (Lipinski definition) is 0. The molecule has 2 aliphatic rings. The number of nitrogens with zero attached hydrogens (tertiary/aromatic N) is 4. The third kappa shape index (κ3) is 11.4. The summed E-state index contributed by atoms with van der Waals surface area (Å²) in [6.45, 7) is 14.9. The Balaban J connectivity index is 1.06. The summed E-state index contributed by atoms with van der Waals surface area (Å²) in [4.78, 5) is 18.8. The molecule has 0 aromatic carbocycles. The second kappa shape index (κ2) is 19.0. The van der Waals surface area contributed by atoms with Crippen molar-refractivity contribution in [3.05, 3.63) is 118 Å². The topological polar surface area (TPSA) is 70.0 Å². The summed E-state index contributed by atoms with van der Waals surface area (Å²) < 4.78 is 12.9. The zero-order valence-corrected chi connectivity index (χ0v) is 32.8. The first-order chi connectivity index (χ1) is 26.2. The fourth-order valence-electron chi connectivity index (χ4n) is 7.79. The van der Waals surface area contributed by atoms with Gasteiger partial charge in [0.25, 0.3) is 0 Å². The number of hydrogen-bond acceptors (Lipinski definition) is 6. The van der Waals surface area contributed by atoms with Crippen molar-refractivity contribution in [1.82, 2.24) is 19.9 Å². The van der Waals surface area contributed by atoms with E-state index < -0.39 is 0 Å². The molecular weight excluding hydrogens is 665 g/mol. The second-order valence-electron chi connectivity index (χ2n) is 15.9. The van der Waals surface area contributed by atoms with Crippen LogP contribution in [-0.4, -0.2) is 32.1 Å². The van der Waals surface area contributed by atoms with E-state index >= 15 is 0 Å². The van der Waals surface area contributed by atoms with Crippen LogP contribution in [0.4, 0.5) is 0 Å². The molecule has 4 aromatic rings. The molecule has 0 bridgehead atoms. The minimum atomic E-state index is 0.280. The predicted molar refractivity (Wildman–Crippen MR) is 215 cm³/mol. The monoisotopic (exact) mass is 718 g/mol. The molecule has 2 saturated carbocycles. The van der Waals surface area contributed by atoms with Crippen molar-refractivity contribution >= 4 is 0 Å². The SMILES string of the molecule is CC1CCC(C(C)C)C(OCc2cccc(C#Cc3cccc(C#Cc4cccc(C#Cc5cccc(COC6CC(C)CCC6C(C)C)n5)n4)n3)n2)C1. The standard InChI is InChI=1S/C48H54N4O2/c1-33(2)45-27-19-35(5)29-47(45)53-31-43-17-9-15-41(51-43)25-23-39-13-7-11-37(49-39)21-22-38-12-8-14-40(50-38)24-26-42-16-10-18-44(52-42)32-54-48-30-36(6)20-28-46(48)34(3)4/h7-18,33-36,45-48H,19-20,27-32H2,1-6H3. The average molecular weight is 719 g/mol. The molecule has 2 fully saturated rings. The lowest BCUT2D eigenvalue weighted by Crippen LogP contribution is -2.34. The number of aromatic nitrogens is 4. The Morgan fingerprint density at radius 3 is 1.13 bits per heavy atom. The lowest BCUT2D eigenvalue weighted by molar-refractivity contribution is -0.0484. The van der Waals surface area contributed by atoms with E-state index in [0.29, 0.717) is 82.9 Å². The number of ether oxygens (including phenoxy) is 2. The van der Waals surface area contributed by atoms with E-state index in [1.165, 1.54) is 25.7 Å². The highest BCUT2D eigenvalue weighted by molar-refractivity contribution is 5.43. The van der Waals surface area contributed by atoms with Crippen molar-refractivity contribution in [3.8, 4) is 35.5 Å². The highest BCUT2D eigenvalue weighted by atomic mass is 16.5. The summed E-state index contributed by atoms with van der Waals surface area (Å²) in [6.07, 6.45) is 7.84. The summed E-state index contributed by atoms with van der Waals surface area (Å²) in [5.74, 6) is 22.8. The van der Waals surface area contributed by atoms with Crippen molar-refractivity contribution in [3.63, 3.8) is 0 Å². The molecule has 6 unspecified atom stereocenters. The van der Waals surface area contributed by atoms with E-state index in [1.54, 1.807) is 0 Å². The molecule has 6 heteroatoms. The minimum absolute atomic E-state index is 0.280. The van der Waals surface area contributed by atoms with Crippen LogP contribution in [0.1, 0.15) is 126 Å². The first kappa shape index (κ1) is 38.9. The number of rotatable bonds is 8. The molecule has 6 nitrogen and oxygen atoms in total. The largest absolute Gasteiger partial charge is 0.372 e. The van der Waals surface area contributed by atoms with Crippen molar-refractivity contribution in [2.45, 2.75) is 105 Å². The Labute approximate surface area is 323 Å². The second-order valence-corrected chi connectivity index (χ2v) is 15.9. The maximum absolute atomic E-state index is 6.43. The van der Waals surface area contributed by atoms with Crippen LogP contribution >= 0.6 is 0 Å². The van der Waals surface area contributed by atoms with Gasteiger partial charge in [0.2, 0.25) is 0 Å². The van der Waals surface area contributed by atoms with E-state index in [2.05, 4.69) is 87.0 Å². The summed E-state index contributed by atoms with van der Waals surface area (Å²) in [7, 11) is 0. The van der Waals surface area contributed by atoms with Crippen molar-refractivity contribution < 1.29 is 9.47 Å². The van der Waals surface area contributed by atoms with Gasteiger partial charge in [0, 0.05) is 0 Å². The molecule has 6 rings (SSSR count). The van der Waals surface area contributed by atoms with E-state index in [4.69, 9.17) is 19.4 Å². The Hall–Kier alpha value is -4.80. The molecule has 4 aromatic heterocycles. The maximum Gasteiger partial charge on any atom is 0.115 e. The molecule has 2 aliphatic carbocycles. The van der Waals surface area contributed by atoms with Gasteiger partial charge in [-0.1, -0.05) is 78.6 Å². The highest BCUT2D eigenvalue weighted by Crippen LogP contribution is 2.36. The Morgan fingerprint density at radius 1 is 0.481 bits per heavy atom. The molecule has 6 atom stereocenters. The van der Waals surface area contributed by atoms with Crippen LogP contribution in [0.25, 0.3) is 0 Å². The van der Waals surface area contributed by atoms with Crippen LogP contribution in [0.3, 0.4) is 0 Å². The normalized spacial score (nSPS) is 22.4. The van der Waals surface area contributed by atoms with Gasteiger partial charge in [0.15, 0.2) is 0 Å². The molecule has 278 valence electrons. The molecular formula is C48H54N4O2. The lowest BCUT2D eigenvalue weighted by atomic mass is 9.75. The first-order valence-corrected chi connectivity index (χ1v) is 19.8. The lowest BCUT2D eigenvalue weighted by Gasteiger charge is -2.37. The van der Waals surface area contributed by atoms with Crippen molar-refractivity contribution in [1.29, 1.82) is 0 Å². The fourth-order valence-corrected chi connectivity index (χ4v) is 7.79. The Kier molecular flexibility index (Phi) is 13.7. The summed E-state index contributed by atoms with van der Waals surface area (Å²) in [5, 5.41) is 0. The van der Waals surface area contributed by atoms with Gasteiger partial charge >= 0.3 is 0 Å². The van der Waals surface area contributed by atoms with Gasteiger partial charge < -0.3 is 9.47 Å². The Morgan fingerprint density at radius 2 is 0.796 bits per heavy atom. The molecule has 0 amide bonds. The van der Waals surface area contributed by atoms with Crippen LogP contribution in [0.2, 0.25) is 0 Å². The van der Waals surface area contributed by atoms with Crippen LogP contribution in [0, 0.1) is 71.0 Å². The Bertz CT molecular complexity index is 1910. The van der Waals surface area contributed by atoms with Crippen LogP contribution < -0.4 is 0 Å². The van der Waals surface area contributed by atoms with E-state index in [0.717, 1.165) is 24.2 Å². The van der Waals surface area contributed by atoms with Crippen LogP contribution in [-0.2, 0) is 22.7 Å². The van der Waals surface area contributed by atoms with Gasteiger partial charge in [-0.15, -0.1) is 0 Å². The summed E-state index contributed by atoms with van der Waals surface area (Å²) in [6, 6.07) is 23.2. The maximum atomic E-state index is 6.43. The molecule has 54 heavy (non-hydrogen) atoms. The van der Waals surface area contributed by atoms with Gasteiger partial charge in [0.05, 0.1) is 36.8 Å². The molecule has 0 N–H and O–H groups in total. The van der Waals surface area contributed by atoms with Crippen molar-refractivity contribution in [2.24, 2.45) is 35.5 Å². The van der Waals surface area contributed by atoms with Crippen LogP contribution in [0.15, 0.2) is 72.8 Å². The average Bonchev–Trinajstić information content (AvgIpc) is 3.17. The van der Waals surface area contributed by atoms with E-state index in [1.807, 2.05) is 72.8 Å². The van der Waals surface area contributed by atoms with Gasteiger partial charge in [-0.3, -0.25) is 0 Å². The third-order valence-corrected chi connectivity index (χ3v) is 10.9. The minimum Gasteiger partial charge on any atom is -0.372 e. The molecule has 0 spiro atoms. The fraction of sp³-hybridized carbons (Fsp3) is 0.458. The van der Waals surface area contributed by atoms with Gasteiger partial charge in [-0.2, -0.15) is 0 Å². The molecule has 0 saturated heterocycles. The van der Waals surface area contributed by atoms with Gasteiger partial charge in [0.1, 0.15) is 34.2 Å². The van der Waals surface area contributed by atoms with E-state index in [-0.39, 0.29) is 12.2 Å². The highest BCUT2D eigenvalue weighted by Gasteiger charge is 2.32. The zero-order valence-electron chi connectivity index (χ0n) is 32.8. The van der Waals surface area contributed by atoms with E-state index in [9.17, 15) is 0 Å². The zero-order chi connectivity index (χ0) is 37.9. The smallest absolute Gasteiger partial charge is 0.115 e. The third-order valence-electron chi connectivity index (χ3n) is 10.9. The van der Waals surface area contributed by atoms with Gasteiger partial charge in [-0.25, -0.2) is 19.9 Å². The van der Waals surface area contributed by atoms with Crippen LogP contribution in [0.5, 0.6) is 0 Å². The summed E-state index contributed by atoms with van der Waals surface area (Å²) in [5.41, 5.74) is 5.66. The number of pyridine rings is 4. The summed E-state index contributed by atoms with van der Waals surface area (Å²) >= 11 is 0. The molecule has 0 aliphatic heterocycles. The van der Waals surface area contributed by atoms with Crippen molar-refractivity contribution in [2.75, 3.05) is 0 Å². The predicted octanol–water partition coefficient (Wildman–Crippen LogP) is 9.42. The van der Waals surface area contributed by atoms with Gasteiger partial charge in [-0.05, 0) is 145 Å². The quantitative estimate of drug-likeness (QED) is 0.169. The first-order valence-electron chi connectivity index (χ1n) is 19.8.